The SMILES string of the molecule is O=C(I)c1cc(C(=O)I)cc(C(=O)I)c1. The molecule has 1 aromatic carbocycles. The summed E-state index contributed by atoms with van der Waals surface area (Å²) in [5, 5.41) is 0. The smallest absolute Gasteiger partial charge is 0.222 e. The molecule has 0 unspecified atom stereocenters. The maximum absolute atomic E-state index is 11.2. The molecule has 6 heteroatoms. The third kappa shape index (κ3) is 3.73. The van der Waals surface area contributed by atoms with E-state index in [2.05, 4.69) is 0 Å². The van der Waals surface area contributed by atoms with Crippen molar-refractivity contribution in [2.75, 3.05) is 0 Å². The minimum Gasteiger partial charge on any atom is -0.282 e. The first-order chi connectivity index (χ1) is 6.91. The highest BCUT2D eigenvalue weighted by molar-refractivity contribution is 14.1. The first kappa shape index (κ1) is 13.5. The van der Waals surface area contributed by atoms with E-state index >= 15 is 0 Å². The normalized spacial score (nSPS) is 9.80. The van der Waals surface area contributed by atoms with Crippen molar-refractivity contribution in [2.24, 2.45) is 0 Å². The summed E-state index contributed by atoms with van der Waals surface area (Å²) in [5.41, 5.74) is 1.12. The predicted molar refractivity (Wildman–Crippen MR) is 81.5 cm³/mol. The molecule has 0 aliphatic rings. The molecule has 0 amide bonds. The van der Waals surface area contributed by atoms with Gasteiger partial charge in [-0.25, -0.2) is 0 Å². The van der Waals surface area contributed by atoms with E-state index in [1.807, 2.05) is 0 Å². The molecule has 0 heterocycles. The van der Waals surface area contributed by atoms with Crippen LogP contribution in [0.4, 0.5) is 0 Å². The zero-order valence-electron chi connectivity index (χ0n) is 7.09. The van der Waals surface area contributed by atoms with Crippen molar-refractivity contribution in [1.29, 1.82) is 0 Å². The van der Waals surface area contributed by atoms with Gasteiger partial charge in [0.15, 0.2) is 0 Å². The summed E-state index contributed by atoms with van der Waals surface area (Å²) in [5.74, 6) is 0. The predicted octanol–water partition coefficient (Wildman–Crippen LogP) is 3.41. The fourth-order valence-corrected chi connectivity index (χ4v) is 1.90. The van der Waals surface area contributed by atoms with Gasteiger partial charge in [0, 0.05) is 84.5 Å². The maximum atomic E-state index is 11.2. The molecule has 0 aliphatic heterocycles. The van der Waals surface area contributed by atoms with Gasteiger partial charge in [-0.1, -0.05) is 0 Å². The van der Waals surface area contributed by atoms with Gasteiger partial charge in [0.1, 0.15) is 0 Å². The Morgan fingerprint density at radius 3 is 1.00 bits per heavy atom. The number of carbonyl (C=O) groups excluding carboxylic acids is 3. The van der Waals surface area contributed by atoms with E-state index in [4.69, 9.17) is 0 Å². The van der Waals surface area contributed by atoms with Crippen LogP contribution in [0.2, 0.25) is 0 Å². The van der Waals surface area contributed by atoms with Crippen LogP contribution < -0.4 is 0 Å². The van der Waals surface area contributed by atoms with Crippen LogP contribution >= 0.6 is 67.8 Å². The van der Waals surface area contributed by atoms with Crippen LogP contribution in [0.1, 0.15) is 31.1 Å². The van der Waals surface area contributed by atoms with Crippen LogP contribution in [0.5, 0.6) is 0 Å². The van der Waals surface area contributed by atoms with Gasteiger partial charge in [-0.3, -0.25) is 14.4 Å². The Bertz CT molecular complexity index is 375. The minimum absolute atomic E-state index is 0.189. The Hall–Kier alpha value is 0.420. The molecule has 1 rings (SSSR count). The van der Waals surface area contributed by atoms with Crippen LogP contribution in [0.15, 0.2) is 18.2 Å². The lowest BCUT2D eigenvalue weighted by atomic mass is 10.1. The van der Waals surface area contributed by atoms with E-state index in [9.17, 15) is 14.4 Å². The second kappa shape index (κ2) is 5.66. The fourth-order valence-electron chi connectivity index (χ4n) is 0.968. The van der Waals surface area contributed by atoms with E-state index in [1.54, 1.807) is 67.8 Å². The Balaban J connectivity index is 3.39. The fraction of sp³-hybridized carbons (Fsp3) is 0. The Labute approximate surface area is 127 Å². The van der Waals surface area contributed by atoms with Crippen molar-refractivity contribution >= 4 is 79.1 Å². The third-order valence-electron chi connectivity index (χ3n) is 1.61. The molecule has 0 aromatic heterocycles. The average Bonchev–Trinajstić information content (AvgIpc) is 2.16. The first-order valence-corrected chi connectivity index (χ1v) is 6.90. The first-order valence-electron chi connectivity index (χ1n) is 3.66. The van der Waals surface area contributed by atoms with Crippen LogP contribution in [0.3, 0.4) is 0 Å². The van der Waals surface area contributed by atoms with Gasteiger partial charge in [-0.2, -0.15) is 0 Å². The zero-order chi connectivity index (χ0) is 11.6. The maximum Gasteiger partial charge on any atom is 0.222 e. The van der Waals surface area contributed by atoms with Crippen molar-refractivity contribution in [3.8, 4) is 0 Å². The van der Waals surface area contributed by atoms with E-state index in [0.717, 1.165) is 0 Å². The topological polar surface area (TPSA) is 51.2 Å². The Morgan fingerprint density at radius 2 is 0.867 bits per heavy atom. The van der Waals surface area contributed by atoms with E-state index in [1.165, 1.54) is 18.2 Å². The summed E-state index contributed by atoms with van der Waals surface area (Å²) in [4.78, 5) is 33.5. The third-order valence-corrected chi connectivity index (χ3v) is 3.48. The van der Waals surface area contributed by atoms with Crippen molar-refractivity contribution < 1.29 is 14.4 Å². The summed E-state index contributed by atoms with van der Waals surface area (Å²) in [6, 6.07) is 4.48. The number of rotatable bonds is 3. The molecule has 0 bridgehead atoms. The number of carbonyl (C=O) groups is 3. The molecule has 0 saturated carbocycles. The Kier molecular flexibility index (Phi) is 5.09. The second-order valence-corrected chi connectivity index (χ2v) is 5.56. The van der Waals surface area contributed by atoms with Crippen molar-refractivity contribution in [3.63, 3.8) is 0 Å². The summed E-state index contributed by atoms with van der Waals surface area (Å²) < 4.78 is -0.567. The van der Waals surface area contributed by atoms with Gasteiger partial charge in [0.25, 0.3) is 0 Å². The second-order valence-electron chi connectivity index (χ2n) is 2.62. The quantitative estimate of drug-likeness (QED) is 0.437. The molecule has 0 radical (unpaired) electrons. The van der Waals surface area contributed by atoms with E-state index in [-0.39, 0.29) is 11.4 Å². The van der Waals surface area contributed by atoms with Gasteiger partial charge >= 0.3 is 0 Å². The monoisotopic (exact) mass is 540 g/mol. The molecule has 3 nitrogen and oxygen atoms in total. The van der Waals surface area contributed by atoms with Crippen molar-refractivity contribution in [1.82, 2.24) is 0 Å². The highest BCUT2D eigenvalue weighted by atomic mass is 127. The van der Waals surface area contributed by atoms with Crippen LogP contribution in [0, 0.1) is 0 Å². The molecule has 0 fully saturated rings. The molecule has 0 N–H and O–H groups in total. The number of benzene rings is 1. The Morgan fingerprint density at radius 1 is 0.667 bits per heavy atom. The molecule has 0 saturated heterocycles. The molecule has 15 heavy (non-hydrogen) atoms. The van der Waals surface area contributed by atoms with Gasteiger partial charge in [0.2, 0.25) is 11.4 Å². The molecule has 78 valence electrons. The van der Waals surface area contributed by atoms with E-state index in [0.29, 0.717) is 16.7 Å². The van der Waals surface area contributed by atoms with Crippen LogP contribution in [0.25, 0.3) is 0 Å². The lowest BCUT2D eigenvalue weighted by Gasteiger charge is -2.01. The highest BCUT2D eigenvalue weighted by Crippen LogP contribution is 2.18. The number of halogens is 3. The summed E-state index contributed by atoms with van der Waals surface area (Å²) in [6.07, 6.45) is 0. The van der Waals surface area contributed by atoms with Gasteiger partial charge in [-0.05, 0) is 18.2 Å². The summed E-state index contributed by atoms with van der Waals surface area (Å²) >= 11 is 4.87. The van der Waals surface area contributed by atoms with Crippen LogP contribution in [-0.2, 0) is 0 Å². The lowest BCUT2D eigenvalue weighted by molar-refractivity contribution is 0.110. The van der Waals surface area contributed by atoms with Gasteiger partial charge < -0.3 is 0 Å². The standard InChI is InChI=1S/C9H3I3O3/c10-7(13)4-1-5(8(11)14)3-6(2-4)9(12)15/h1-3H. The van der Waals surface area contributed by atoms with Crippen molar-refractivity contribution in [3.05, 3.63) is 34.9 Å². The molecule has 1 aromatic rings. The van der Waals surface area contributed by atoms with E-state index < -0.39 is 0 Å². The molecule has 0 aliphatic carbocycles. The molecule has 0 spiro atoms. The highest BCUT2D eigenvalue weighted by Gasteiger charge is 2.12. The van der Waals surface area contributed by atoms with Crippen molar-refractivity contribution in [2.45, 2.75) is 0 Å². The largest absolute Gasteiger partial charge is 0.282 e. The summed E-state index contributed by atoms with van der Waals surface area (Å²) in [7, 11) is 0. The van der Waals surface area contributed by atoms with Crippen LogP contribution in [-0.4, -0.2) is 11.4 Å². The minimum atomic E-state index is -0.189. The zero-order valence-corrected chi connectivity index (χ0v) is 13.6. The molecular weight excluding hydrogens is 537 g/mol. The lowest BCUT2D eigenvalue weighted by Crippen LogP contribution is -1.99. The van der Waals surface area contributed by atoms with Gasteiger partial charge in [0.05, 0.1) is 0 Å². The molecular formula is C9H3I3O3. The number of hydrogen-bond acceptors (Lipinski definition) is 3. The number of hydrogen-bond donors (Lipinski definition) is 0. The van der Waals surface area contributed by atoms with Gasteiger partial charge in [-0.15, -0.1) is 0 Å². The average molecular weight is 540 g/mol. The molecule has 0 atom stereocenters. The summed E-state index contributed by atoms with van der Waals surface area (Å²) in [6.45, 7) is 0.